The van der Waals surface area contributed by atoms with Crippen molar-refractivity contribution in [3.8, 4) is 0 Å². The highest BCUT2D eigenvalue weighted by Gasteiger charge is 2.14. The van der Waals surface area contributed by atoms with E-state index in [1.165, 1.54) is 19.3 Å². The predicted molar refractivity (Wildman–Crippen MR) is 79.7 cm³/mol. The number of hydrogen-bond donors (Lipinski definition) is 2. The van der Waals surface area contributed by atoms with Gasteiger partial charge in [-0.15, -0.1) is 0 Å². The second kappa shape index (κ2) is 7.15. The fourth-order valence-corrected chi connectivity index (χ4v) is 2.41. The zero-order chi connectivity index (χ0) is 15.2. The van der Waals surface area contributed by atoms with Crippen molar-refractivity contribution >= 4 is 11.9 Å². The Balaban J connectivity index is 2.24. The first-order valence-corrected chi connectivity index (χ1v) is 7.15. The number of nitrogens with zero attached hydrogens (tertiary/aromatic N) is 2. The summed E-state index contributed by atoms with van der Waals surface area (Å²) in [5.74, 6) is -1.43. The van der Waals surface area contributed by atoms with Crippen molar-refractivity contribution in [3.63, 3.8) is 0 Å². The number of halogens is 2. The summed E-state index contributed by atoms with van der Waals surface area (Å²) in [7, 11) is 1.66. The third-order valence-electron chi connectivity index (χ3n) is 3.62. The Labute approximate surface area is 123 Å². The van der Waals surface area contributed by atoms with Crippen molar-refractivity contribution in [2.75, 3.05) is 7.05 Å². The summed E-state index contributed by atoms with van der Waals surface area (Å²) in [6.45, 7) is 0. The van der Waals surface area contributed by atoms with E-state index in [1.807, 2.05) is 0 Å². The minimum Gasteiger partial charge on any atom is -0.395 e. The van der Waals surface area contributed by atoms with E-state index in [4.69, 9.17) is 5.73 Å². The highest BCUT2D eigenvalue weighted by atomic mass is 19.1. The summed E-state index contributed by atoms with van der Waals surface area (Å²) in [4.78, 5) is 7.99. The fourth-order valence-electron chi connectivity index (χ4n) is 2.41. The van der Waals surface area contributed by atoms with Crippen LogP contribution < -0.4 is 11.1 Å². The van der Waals surface area contributed by atoms with Gasteiger partial charge in [0.15, 0.2) is 5.82 Å². The highest BCUT2D eigenvalue weighted by Crippen LogP contribution is 2.20. The molecule has 0 radical (unpaired) electrons. The lowest BCUT2D eigenvalue weighted by Crippen LogP contribution is -2.18. The van der Waals surface area contributed by atoms with Crippen LogP contribution in [0.15, 0.2) is 22.8 Å². The normalized spacial score (nSPS) is 17.9. The van der Waals surface area contributed by atoms with Gasteiger partial charge in [0.05, 0.1) is 17.4 Å². The minimum atomic E-state index is -0.769. The highest BCUT2D eigenvalue weighted by molar-refractivity contribution is 5.88. The van der Waals surface area contributed by atoms with Crippen LogP contribution in [0.4, 0.5) is 8.78 Å². The maximum absolute atomic E-state index is 13.7. The molecule has 0 bridgehead atoms. The monoisotopic (exact) mass is 294 g/mol. The van der Waals surface area contributed by atoms with Crippen LogP contribution in [0.1, 0.15) is 37.8 Å². The van der Waals surface area contributed by atoms with E-state index in [-0.39, 0.29) is 17.4 Å². The maximum atomic E-state index is 13.7. The number of nitrogens with one attached hydrogen (secondary N) is 1. The maximum Gasteiger partial charge on any atom is 0.213 e. The Morgan fingerprint density at radius 3 is 2.71 bits per heavy atom. The molecule has 0 amide bonds. The Morgan fingerprint density at radius 1 is 1.33 bits per heavy atom. The molecule has 0 atom stereocenters. The minimum absolute atomic E-state index is 0.0501. The molecule has 4 nitrogen and oxygen atoms in total. The van der Waals surface area contributed by atoms with Gasteiger partial charge in [-0.3, -0.25) is 4.99 Å². The van der Waals surface area contributed by atoms with E-state index < -0.39 is 11.8 Å². The summed E-state index contributed by atoms with van der Waals surface area (Å²) in [5, 5.41) is 2.86. The smallest absolute Gasteiger partial charge is 0.213 e. The number of aliphatic imine (C=N–C) groups is 1. The van der Waals surface area contributed by atoms with Gasteiger partial charge in [-0.2, -0.15) is 4.39 Å². The predicted octanol–water partition coefficient (Wildman–Crippen LogP) is 2.61. The Bertz CT molecular complexity index is 549. The molecular formula is C15H20F2N4. The van der Waals surface area contributed by atoms with Gasteiger partial charge in [-0.25, -0.2) is 9.37 Å². The molecule has 1 saturated carbocycles. The van der Waals surface area contributed by atoms with Gasteiger partial charge in [0.1, 0.15) is 5.69 Å². The first kappa shape index (κ1) is 15.4. The molecule has 1 fully saturated rings. The SMILES string of the molecule is CN/C(C=NC1CCCCC1)=C(/N)c1nc(F)ccc1F. The van der Waals surface area contributed by atoms with Crippen molar-refractivity contribution < 1.29 is 8.78 Å². The van der Waals surface area contributed by atoms with Crippen LogP contribution >= 0.6 is 0 Å². The largest absolute Gasteiger partial charge is 0.395 e. The Hall–Kier alpha value is -1.98. The van der Waals surface area contributed by atoms with Crippen LogP contribution in [0.3, 0.4) is 0 Å². The number of nitrogens with two attached hydrogens (primary N) is 1. The topological polar surface area (TPSA) is 63.3 Å². The summed E-state index contributed by atoms with van der Waals surface area (Å²) >= 11 is 0. The van der Waals surface area contributed by atoms with Gasteiger partial charge < -0.3 is 11.1 Å². The average molecular weight is 294 g/mol. The summed E-state index contributed by atoms with van der Waals surface area (Å²) in [5.41, 5.74) is 6.18. The second-order valence-electron chi connectivity index (χ2n) is 5.11. The standard InChI is InChI=1S/C15H20F2N4/c1-19-12(9-20-10-5-3-2-4-6-10)14(18)15-11(16)7-8-13(17)21-15/h7-10,19H,2-6,18H2,1H3/b14-12+,20-9?. The molecule has 0 saturated heterocycles. The number of aromatic nitrogens is 1. The lowest BCUT2D eigenvalue weighted by Gasteiger charge is -2.17. The van der Waals surface area contributed by atoms with Crippen molar-refractivity contribution in [1.29, 1.82) is 0 Å². The van der Waals surface area contributed by atoms with Gasteiger partial charge in [-0.05, 0) is 25.0 Å². The van der Waals surface area contributed by atoms with Crippen LogP contribution in [0.2, 0.25) is 0 Å². The second-order valence-corrected chi connectivity index (χ2v) is 5.11. The molecule has 1 heterocycles. The number of rotatable bonds is 4. The number of pyridine rings is 1. The summed E-state index contributed by atoms with van der Waals surface area (Å²) in [6.07, 6.45) is 7.31. The molecule has 1 aliphatic carbocycles. The van der Waals surface area contributed by atoms with Gasteiger partial charge in [-0.1, -0.05) is 19.3 Å². The molecule has 2 rings (SSSR count). The lowest BCUT2D eigenvalue weighted by molar-refractivity contribution is 0.444. The summed E-state index contributed by atoms with van der Waals surface area (Å²) in [6, 6.07) is 2.25. The van der Waals surface area contributed by atoms with Crippen LogP contribution in [0.25, 0.3) is 5.70 Å². The molecule has 3 N–H and O–H groups in total. The third-order valence-corrected chi connectivity index (χ3v) is 3.62. The van der Waals surface area contributed by atoms with E-state index in [0.29, 0.717) is 5.70 Å². The Kier molecular flexibility index (Phi) is 5.25. The molecule has 6 heteroatoms. The van der Waals surface area contributed by atoms with Gasteiger partial charge in [0.25, 0.3) is 0 Å². The summed E-state index contributed by atoms with van der Waals surface area (Å²) < 4.78 is 26.8. The first-order valence-electron chi connectivity index (χ1n) is 7.15. The molecule has 21 heavy (non-hydrogen) atoms. The molecule has 0 spiro atoms. The van der Waals surface area contributed by atoms with Crippen LogP contribution in [-0.4, -0.2) is 24.3 Å². The van der Waals surface area contributed by atoms with Crippen LogP contribution in [0, 0.1) is 11.8 Å². The quantitative estimate of drug-likeness (QED) is 0.663. The number of hydrogen-bond acceptors (Lipinski definition) is 4. The van der Waals surface area contributed by atoms with E-state index in [9.17, 15) is 8.78 Å². The third kappa shape index (κ3) is 4.00. The van der Waals surface area contributed by atoms with Crippen molar-refractivity contribution in [3.05, 3.63) is 35.3 Å². The van der Waals surface area contributed by atoms with Crippen molar-refractivity contribution in [2.24, 2.45) is 10.7 Å². The van der Waals surface area contributed by atoms with E-state index in [0.717, 1.165) is 25.0 Å². The lowest BCUT2D eigenvalue weighted by atomic mass is 9.96. The average Bonchev–Trinajstić information content (AvgIpc) is 2.51. The first-order chi connectivity index (χ1) is 10.1. The van der Waals surface area contributed by atoms with Crippen LogP contribution in [-0.2, 0) is 0 Å². The van der Waals surface area contributed by atoms with Gasteiger partial charge >= 0.3 is 0 Å². The zero-order valence-electron chi connectivity index (χ0n) is 12.1. The van der Waals surface area contributed by atoms with Gasteiger partial charge in [0, 0.05) is 13.3 Å². The van der Waals surface area contributed by atoms with Crippen molar-refractivity contribution in [2.45, 2.75) is 38.1 Å². The van der Waals surface area contributed by atoms with E-state index >= 15 is 0 Å². The molecule has 1 aromatic rings. The molecule has 0 aliphatic heterocycles. The van der Waals surface area contributed by atoms with E-state index in [1.54, 1.807) is 13.3 Å². The van der Waals surface area contributed by atoms with Gasteiger partial charge in [0.2, 0.25) is 5.95 Å². The molecule has 1 aliphatic rings. The van der Waals surface area contributed by atoms with Crippen LogP contribution in [0.5, 0.6) is 0 Å². The molecule has 1 aromatic heterocycles. The zero-order valence-corrected chi connectivity index (χ0v) is 12.1. The fraction of sp³-hybridized carbons (Fsp3) is 0.467. The van der Waals surface area contributed by atoms with E-state index in [2.05, 4.69) is 15.3 Å². The molecular weight excluding hydrogens is 274 g/mol. The molecule has 0 unspecified atom stereocenters. The Morgan fingerprint density at radius 2 is 2.05 bits per heavy atom. The molecule has 114 valence electrons. The van der Waals surface area contributed by atoms with Crippen molar-refractivity contribution in [1.82, 2.24) is 10.3 Å². The number of allylic oxidation sites excluding steroid dienone is 1. The molecule has 0 aromatic carbocycles.